The van der Waals surface area contributed by atoms with Gasteiger partial charge in [-0.3, -0.25) is 4.98 Å². The summed E-state index contributed by atoms with van der Waals surface area (Å²) >= 11 is 0. The van der Waals surface area contributed by atoms with E-state index in [2.05, 4.69) is 50.4 Å². The van der Waals surface area contributed by atoms with Crippen molar-refractivity contribution in [1.29, 1.82) is 0 Å². The molecule has 0 spiro atoms. The largest absolute Gasteiger partial charge is 0.367 e. The third-order valence-electron chi connectivity index (χ3n) is 4.74. The minimum absolute atomic E-state index is 0.553. The lowest BCUT2D eigenvalue weighted by Crippen LogP contribution is -2.23. The summed E-state index contributed by atoms with van der Waals surface area (Å²) in [5.74, 6) is 1.91. The minimum Gasteiger partial charge on any atom is -0.367 e. The first-order chi connectivity index (χ1) is 11.8. The van der Waals surface area contributed by atoms with E-state index >= 15 is 0 Å². The average molecular weight is 325 g/mol. The number of anilines is 2. The third-order valence-corrected chi connectivity index (χ3v) is 4.74. The zero-order valence-corrected chi connectivity index (χ0v) is 14.5. The summed E-state index contributed by atoms with van der Waals surface area (Å²) in [5.41, 5.74) is 1.29. The fourth-order valence-electron chi connectivity index (χ4n) is 3.23. The first-order valence-electron chi connectivity index (χ1n) is 9.00. The van der Waals surface area contributed by atoms with Crippen LogP contribution in [0.3, 0.4) is 0 Å². The Kier molecular flexibility index (Phi) is 5.99. The molecular weight excluding hydrogens is 298 g/mol. The van der Waals surface area contributed by atoms with Crippen LogP contribution in [0.15, 0.2) is 36.9 Å². The fraction of sp³-hybridized carbons (Fsp3) is 0.526. The highest BCUT2D eigenvalue weighted by Gasteiger charge is 2.13. The number of rotatable bonds is 6. The molecule has 0 amide bonds. The van der Waals surface area contributed by atoms with Gasteiger partial charge in [-0.25, -0.2) is 9.97 Å². The predicted octanol–water partition coefficient (Wildman–Crippen LogP) is 3.69. The van der Waals surface area contributed by atoms with E-state index in [-0.39, 0.29) is 0 Å². The second-order valence-corrected chi connectivity index (χ2v) is 6.62. The molecule has 1 aliphatic rings. The zero-order valence-electron chi connectivity index (χ0n) is 14.5. The maximum absolute atomic E-state index is 4.43. The number of nitrogens with zero attached hydrogens (tertiary/aromatic N) is 4. The molecule has 3 rings (SSSR count). The topological polar surface area (TPSA) is 53.9 Å². The van der Waals surface area contributed by atoms with Crippen LogP contribution >= 0.6 is 0 Å². The van der Waals surface area contributed by atoms with E-state index in [1.807, 2.05) is 12.4 Å². The Bertz CT molecular complexity index is 608. The van der Waals surface area contributed by atoms with Gasteiger partial charge in [-0.1, -0.05) is 25.7 Å². The number of hydrogen-bond acceptors (Lipinski definition) is 5. The van der Waals surface area contributed by atoms with Crippen molar-refractivity contribution in [1.82, 2.24) is 15.0 Å². The summed E-state index contributed by atoms with van der Waals surface area (Å²) in [6.07, 6.45) is 14.2. The lowest BCUT2D eigenvalue weighted by Gasteiger charge is -2.20. The molecule has 1 fully saturated rings. The first-order valence-corrected chi connectivity index (χ1v) is 9.00. The number of nitrogens with one attached hydrogen (secondary N) is 1. The van der Waals surface area contributed by atoms with Gasteiger partial charge in [0.25, 0.3) is 0 Å². The van der Waals surface area contributed by atoms with Crippen LogP contribution in [0.2, 0.25) is 0 Å². The maximum atomic E-state index is 4.43. The summed E-state index contributed by atoms with van der Waals surface area (Å²) in [6, 6.07) is 6.74. The number of hydrogen-bond donors (Lipinski definition) is 1. The van der Waals surface area contributed by atoms with Crippen LogP contribution in [0.1, 0.15) is 44.1 Å². The Balaban J connectivity index is 1.57. The molecule has 5 nitrogen and oxygen atoms in total. The second-order valence-electron chi connectivity index (χ2n) is 6.62. The molecule has 0 saturated heterocycles. The van der Waals surface area contributed by atoms with Gasteiger partial charge in [0.15, 0.2) is 0 Å². The van der Waals surface area contributed by atoms with Crippen LogP contribution in [0.4, 0.5) is 11.6 Å². The molecule has 1 aliphatic carbocycles. The SMILES string of the molecule is CN(CCc1ccncc1)c1cc(NC2CCCCCC2)ncn1. The van der Waals surface area contributed by atoms with E-state index < -0.39 is 0 Å². The predicted molar refractivity (Wildman–Crippen MR) is 98.4 cm³/mol. The van der Waals surface area contributed by atoms with E-state index in [4.69, 9.17) is 0 Å². The van der Waals surface area contributed by atoms with E-state index in [1.165, 1.54) is 44.1 Å². The van der Waals surface area contributed by atoms with Crippen LogP contribution in [-0.4, -0.2) is 34.6 Å². The molecule has 0 aliphatic heterocycles. The molecular formula is C19H27N5. The Hall–Kier alpha value is -2.17. The molecule has 2 aromatic rings. The van der Waals surface area contributed by atoms with Crippen LogP contribution in [0.25, 0.3) is 0 Å². The van der Waals surface area contributed by atoms with Gasteiger partial charge in [0.2, 0.25) is 0 Å². The quantitative estimate of drug-likeness (QED) is 0.821. The van der Waals surface area contributed by atoms with Crippen LogP contribution in [0, 0.1) is 0 Å². The highest BCUT2D eigenvalue weighted by atomic mass is 15.2. The first kappa shape index (κ1) is 16.7. The molecule has 1 saturated carbocycles. The Labute approximate surface area is 144 Å². The van der Waals surface area contributed by atoms with E-state index in [0.29, 0.717) is 6.04 Å². The van der Waals surface area contributed by atoms with Gasteiger partial charge in [-0.2, -0.15) is 0 Å². The van der Waals surface area contributed by atoms with E-state index in [1.54, 1.807) is 6.33 Å². The molecule has 1 N–H and O–H groups in total. The van der Waals surface area contributed by atoms with Gasteiger partial charge in [0.05, 0.1) is 0 Å². The van der Waals surface area contributed by atoms with Gasteiger partial charge >= 0.3 is 0 Å². The number of likely N-dealkylation sites (N-methyl/N-ethyl adjacent to an activating group) is 1. The molecule has 2 heterocycles. The van der Waals surface area contributed by atoms with Crippen LogP contribution < -0.4 is 10.2 Å². The average Bonchev–Trinajstić information content (AvgIpc) is 2.89. The number of aromatic nitrogens is 3. The molecule has 0 bridgehead atoms. The summed E-state index contributed by atoms with van der Waals surface area (Å²) in [6.45, 7) is 0.921. The molecule has 24 heavy (non-hydrogen) atoms. The van der Waals surface area contributed by atoms with Gasteiger partial charge in [-0.15, -0.1) is 0 Å². The fourth-order valence-corrected chi connectivity index (χ4v) is 3.23. The molecule has 5 heteroatoms. The minimum atomic E-state index is 0.553. The molecule has 128 valence electrons. The van der Waals surface area contributed by atoms with Crippen molar-refractivity contribution in [2.24, 2.45) is 0 Å². The van der Waals surface area contributed by atoms with Crippen molar-refractivity contribution in [3.8, 4) is 0 Å². The third kappa shape index (κ3) is 4.91. The van der Waals surface area contributed by atoms with Gasteiger partial charge in [0, 0.05) is 38.1 Å². The van der Waals surface area contributed by atoms with Crippen molar-refractivity contribution >= 4 is 11.6 Å². The maximum Gasteiger partial charge on any atom is 0.133 e. The van der Waals surface area contributed by atoms with Crippen LogP contribution in [0.5, 0.6) is 0 Å². The zero-order chi connectivity index (χ0) is 16.6. The van der Waals surface area contributed by atoms with Crippen LogP contribution in [-0.2, 0) is 6.42 Å². The van der Waals surface area contributed by atoms with E-state index in [9.17, 15) is 0 Å². The summed E-state index contributed by atoms with van der Waals surface area (Å²) in [5, 5.41) is 3.60. The number of pyridine rings is 1. The van der Waals surface area contributed by atoms with Crippen molar-refractivity contribution in [2.75, 3.05) is 23.8 Å². The highest BCUT2D eigenvalue weighted by molar-refractivity contribution is 5.48. The molecule has 2 aromatic heterocycles. The summed E-state index contributed by atoms with van der Waals surface area (Å²) in [4.78, 5) is 15.1. The molecule has 0 aromatic carbocycles. The standard InChI is InChI=1S/C19H27N5/c1-24(13-10-16-8-11-20-12-9-16)19-14-18(21-15-22-19)23-17-6-4-2-3-5-7-17/h8-9,11-12,14-15,17H,2-7,10,13H2,1H3,(H,21,22,23). The molecule has 0 unspecified atom stereocenters. The van der Waals surface area contributed by atoms with Gasteiger partial charge in [-0.05, 0) is 37.0 Å². The lowest BCUT2D eigenvalue weighted by molar-refractivity contribution is 0.617. The smallest absolute Gasteiger partial charge is 0.133 e. The Morgan fingerprint density at radius 3 is 2.58 bits per heavy atom. The van der Waals surface area contributed by atoms with Gasteiger partial charge in [0.1, 0.15) is 18.0 Å². The van der Waals surface area contributed by atoms with E-state index in [0.717, 1.165) is 24.6 Å². The molecule has 0 radical (unpaired) electrons. The normalized spacial score (nSPS) is 15.7. The molecule has 0 atom stereocenters. The highest BCUT2D eigenvalue weighted by Crippen LogP contribution is 2.21. The lowest BCUT2D eigenvalue weighted by atomic mass is 10.1. The van der Waals surface area contributed by atoms with Crippen molar-refractivity contribution in [3.05, 3.63) is 42.5 Å². The van der Waals surface area contributed by atoms with Crippen molar-refractivity contribution < 1.29 is 0 Å². The summed E-state index contributed by atoms with van der Waals surface area (Å²) in [7, 11) is 2.08. The Morgan fingerprint density at radius 2 is 1.83 bits per heavy atom. The van der Waals surface area contributed by atoms with Gasteiger partial charge < -0.3 is 10.2 Å². The van der Waals surface area contributed by atoms with Crippen molar-refractivity contribution in [2.45, 2.75) is 51.0 Å². The monoisotopic (exact) mass is 325 g/mol. The summed E-state index contributed by atoms with van der Waals surface area (Å²) < 4.78 is 0. The second kappa shape index (κ2) is 8.62. The van der Waals surface area contributed by atoms with Crippen molar-refractivity contribution in [3.63, 3.8) is 0 Å². The Morgan fingerprint density at radius 1 is 1.08 bits per heavy atom.